The molecule has 0 saturated heterocycles. The second-order valence-electron chi connectivity index (χ2n) is 5.56. The molecule has 0 aromatic carbocycles. The molecule has 0 amide bonds. The van der Waals surface area contributed by atoms with Gasteiger partial charge in [0.05, 0.1) is 6.61 Å². The van der Waals surface area contributed by atoms with Crippen LogP contribution in [-0.4, -0.2) is 18.3 Å². The molecule has 1 aromatic rings. The van der Waals surface area contributed by atoms with E-state index in [1.807, 2.05) is 0 Å². The Morgan fingerprint density at radius 3 is 3.00 bits per heavy atom. The number of hydrogen-bond donors (Lipinski definition) is 1. The minimum atomic E-state index is 0.197. The van der Waals surface area contributed by atoms with E-state index < -0.39 is 0 Å². The summed E-state index contributed by atoms with van der Waals surface area (Å²) in [5.41, 5.74) is 9.27. The van der Waals surface area contributed by atoms with Gasteiger partial charge < -0.3 is 15.0 Å². The van der Waals surface area contributed by atoms with E-state index in [1.165, 1.54) is 11.3 Å². The monoisotopic (exact) mass is 222 g/mol. The Morgan fingerprint density at radius 2 is 2.31 bits per heavy atom. The van der Waals surface area contributed by atoms with Gasteiger partial charge in [-0.15, -0.1) is 0 Å². The van der Waals surface area contributed by atoms with Crippen molar-refractivity contribution in [1.82, 2.24) is 4.57 Å². The lowest BCUT2D eigenvalue weighted by Gasteiger charge is -2.34. The number of hydrogen-bond acceptors (Lipinski definition) is 2. The summed E-state index contributed by atoms with van der Waals surface area (Å²) in [5.74, 6) is 0. The SMILES string of the molecule is COCCn1ccc2c1CC(C)(C)CC2N. The van der Waals surface area contributed by atoms with Crippen molar-refractivity contribution in [3.63, 3.8) is 0 Å². The van der Waals surface area contributed by atoms with Gasteiger partial charge in [0.15, 0.2) is 0 Å². The van der Waals surface area contributed by atoms with Crippen LogP contribution in [0.25, 0.3) is 0 Å². The van der Waals surface area contributed by atoms with E-state index >= 15 is 0 Å². The second kappa shape index (κ2) is 4.22. The van der Waals surface area contributed by atoms with Crippen molar-refractivity contribution in [2.45, 2.75) is 39.3 Å². The third-order valence-electron chi connectivity index (χ3n) is 3.47. The highest BCUT2D eigenvalue weighted by molar-refractivity contribution is 5.30. The summed E-state index contributed by atoms with van der Waals surface area (Å²) in [6, 6.07) is 2.37. The summed E-state index contributed by atoms with van der Waals surface area (Å²) in [6.45, 7) is 6.28. The van der Waals surface area contributed by atoms with Gasteiger partial charge >= 0.3 is 0 Å². The molecule has 2 N–H and O–H groups in total. The quantitative estimate of drug-likeness (QED) is 0.851. The van der Waals surface area contributed by atoms with Gasteiger partial charge in [-0.2, -0.15) is 0 Å². The predicted molar refractivity (Wildman–Crippen MR) is 65.3 cm³/mol. The lowest BCUT2D eigenvalue weighted by molar-refractivity contribution is 0.184. The number of nitrogens with zero attached hydrogens (tertiary/aromatic N) is 1. The van der Waals surface area contributed by atoms with Crippen molar-refractivity contribution in [2.24, 2.45) is 11.1 Å². The molecule has 0 saturated carbocycles. The largest absolute Gasteiger partial charge is 0.383 e. The normalized spacial score (nSPS) is 23.1. The molecular formula is C13H22N2O. The first kappa shape index (κ1) is 11.7. The van der Waals surface area contributed by atoms with Gasteiger partial charge in [0.1, 0.15) is 0 Å². The van der Waals surface area contributed by atoms with Crippen LogP contribution in [-0.2, 0) is 17.7 Å². The summed E-state index contributed by atoms with van der Waals surface area (Å²) in [5, 5.41) is 0. The zero-order valence-electron chi connectivity index (χ0n) is 10.5. The fourth-order valence-electron chi connectivity index (χ4n) is 2.69. The van der Waals surface area contributed by atoms with Gasteiger partial charge in [-0.05, 0) is 29.9 Å². The molecule has 1 aromatic heterocycles. The van der Waals surface area contributed by atoms with Crippen molar-refractivity contribution in [2.75, 3.05) is 13.7 Å². The highest BCUT2D eigenvalue weighted by Gasteiger charge is 2.32. The summed E-state index contributed by atoms with van der Waals surface area (Å²) in [4.78, 5) is 0. The van der Waals surface area contributed by atoms with Crippen LogP contribution in [0.4, 0.5) is 0 Å². The van der Waals surface area contributed by atoms with E-state index in [1.54, 1.807) is 7.11 Å². The lowest BCUT2D eigenvalue weighted by Crippen LogP contribution is -2.30. The highest BCUT2D eigenvalue weighted by Crippen LogP contribution is 2.39. The minimum Gasteiger partial charge on any atom is -0.383 e. The molecule has 1 aliphatic rings. The van der Waals surface area contributed by atoms with Crippen LogP contribution in [0.3, 0.4) is 0 Å². The van der Waals surface area contributed by atoms with Gasteiger partial charge in [0.2, 0.25) is 0 Å². The Labute approximate surface area is 97.6 Å². The van der Waals surface area contributed by atoms with Crippen LogP contribution < -0.4 is 5.73 Å². The molecule has 1 atom stereocenters. The fraction of sp³-hybridized carbons (Fsp3) is 0.692. The molecule has 0 aliphatic heterocycles. The molecule has 3 heteroatoms. The Bertz CT molecular complexity index is 368. The van der Waals surface area contributed by atoms with Crippen LogP contribution in [0.1, 0.15) is 37.6 Å². The number of rotatable bonds is 3. The Balaban J connectivity index is 2.26. The third-order valence-corrected chi connectivity index (χ3v) is 3.47. The molecule has 16 heavy (non-hydrogen) atoms. The smallest absolute Gasteiger partial charge is 0.0641 e. The first-order chi connectivity index (χ1) is 7.53. The molecule has 2 rings (SSSR count). The number of methoxy groups -OCH3 is 1. The Hall–Kier alpha value is -0.800. The minimum absolute atomic E-state index is 0.197. The number of fused-ring (bicyclic) bond motifs is 1. The molecular weight excluding hydrogens is 200 g/mol. The Kier molecular flexibility index (Phi) is 3.08. The summed E-state index contributed by atoms with van der Waals surface area (Å²) in [6.07, 6.45) is 4.34. The van der Waals surface area contributed by atoms with Crippen molar-refractivity contribution < 1.29 is 4.74 Å². The Morgan fingerprint density at radius 1 is 1.56 bits per heavy atom. The van der Waals surface area contributed by atoms with E-state index in [-0.39, 0.29) is 6.04 Å². The van der Waals surface area contributed by atoms with Crippen LogP contribution >= 0.6 is 0 Å². The van der Waals surface area contributed by atoms with Gasteiger partial charge in [-0.25, -0.2) is 0 Å². The molecule has 0 bridgehead atoms. The third kappa shape index (κ3) is 2.15. The fourth-order valence-corrected chi connectivity index (χ4v) is 2.69. The van der Waals surface area contributed by atoms with Crippen LogP contribution in [0, 0.1) is 5.41 Å². The topological polar surface area (TPSA) is 40.2 Å². The van der Waals surface area contributed by atoms with Gasteiger partial charge in [-0.3, -0.25) is 0 Å². The zero-order chi connectivity index (χ0) is 11.8. The van der Waals surface area contributed by atoms with Crippen molar-refractivity contribution in [3.05, 3.63) is 23.5 Å². The van der Waals surface area contributed by atoms with Crippen molar-refractivity contribution >= 4 is 0 Å². The van der Waals surface area contributed by atoms with Gasteiger partial charge in [0, 0.05) is 31.6 Å². The molecule has 0 fully saturated rings. The van der Waals surface area contributed by atoms with Crippen molar-refractivity contribution in [3.8, 4) is 0 Å². The summed E-state index contributed by atoms with van der Waals surface area (Å²) < 4.78 is 7.42. The lowest BCUT2D eigenvalue weighted by atomic mass is 9.74. The maximum Gasteiger partial charge on any atom is 0.0641 e. The number of ether oxygens (including phenoxy) is 1. The maximum atomic E-state index is 6.22. The average Bonchev–Trinajstić information content (AvgIpc) is 2.56. The zero-order valence-corrected chi connectivity index (χ0v) is 10.5. The summed E-state index contributed by atoms with van der Waals surface area (Å²) in [7, 11) is 1.74. The van der Waals surface area contributed by atoms with E-state index in [0.717, 1.165) is 26.0 Å². The van der Waals surface area contributed by atoms with E-state index in [0.29, 0.717) is 5.41 Å². The predicted octanol–water partition coefficient (Wildman–Crippen LogP) is 2.11. The number of aromatic nitrogens is 1. The molecule has 90 valence electrons. The second-order valence-corrected chi connectivity index (χ2v) is 5.56. The first-order valence-electron chi connectivity index (χ1n) is 5.96. The van der Waals surface area contributed by atoms with Crippen LogP contribution in [0.2, 0.25) is 0 Å². The molecule has 0 radical (unpaired) electrons. The van der Waals surface area contributed by atoms with Gasteiger partial charge in [-0.1, -0.05) is 13.8 Å². The standard InChI is InChI=1S/C13H22N2O/c1-13(2)8-11(14)10-4-5-15(6-7-16-3)12(10)9-13/h4-5,11H,6-9,14H2,1-3H3. The highest BCUT2D eigenvalue weighted by atomic mass is 16.5. The van der Waals surface area contributed by atoms with E-state index in [4.69, 9.17) is 10.5 Å². The molecule has 1 unspecified atom stereocenters. The number of nitrogens with two attached hydrogens (primary N) is 1. The van der Waals surface area contributed by atoms with E-state index in [2.05, 4.69) is 30.7 Å². The molecule has 3 nitrogen and oxygen atoms in total. The molecule has 1 aliphatic carbocycles. The maximum absolute atomic E-state index is 6.22. The van der Waals surface area contributed by atoms with Crippen LogP contribution in [0.15, 0.2) is 12.3 Å². The first-order valence-corrected chi connectivity index (χ1v) is 5.96. The van der Waals surface area contributed by atoms with Crippen molar-refractivity contribution in [1.29, 1.82) is 0 Å². The average molecular weight is 222 g/mol. The van der Waals surface area contributed by atoms with Gasteiger partial charge in [0.25, 0.3) is 0 Å². The summed E-state index contributed by atoms with van der Waals surface area (Å²) >= 11 is 0. The van der Waals surface area contributed by atoms with E-state index in [9.17, 15) is 0 Å². The van der Waals surface area contributed by atoms with Crippen LogP contribution in [0.5, 0.6) is 0 Å². The molecule has 0 spiro atoms. The molecule has 1 heterocycles.